The minimum Gasteiger partial charge on any atom is -0.308 e. The minimum atomic E-state index is -3.60. The first-order chi connectivity index (χ1) is 14.3. The van der Waals surface area contributed by atoms with Gasteiger partial charge in [-0.25, -0.2) is 13.2 Å². The number of anilines is 2. The van der Waals surface area contributed by atoms with Gasteiger partial charge < -0.3 is 10.6 Å². The molecule has 3 aromatic carbocycles. The van der Waals surface area contributed by atoms with Crippen molar-refractivity contribution in [2.75, 3.05) is 10.6 Å². The lowest BCUT2D eigenvalue weighted by Crippen LogP contribution is -2.20. The number of hydrogen-bond acceptors (Lipinski definition) is 3. The van der Waals surface area contributed by atoms with Crippen LogP contribution in [0.15, 0.2) is 71.6 Å². The summed E-state index contributed by atoms with van der Waals surface area (Å²) in [6.45, 7) is 3.74. The number of halogens is 1. The van der Waals surface area contributed by atoms with E-state index >= 15 is 0 Å². The van der Waals surface area contributed by atoms with Crippen LogP contribution in [0.3, 0.4) is 0 Å². The highest BCUT2D eigenvalue weighted by atomic mass is 35.5. The molecule has 0 aliphatic heterocycles. The SMILES string of the molecule is CCc1ccccc1NC(=O)Nc1ccc(C)c(S(=O)(=O)Cc2ccc(Cl)cc2)c1. The van der Waals surface area contributed by atoms with Gasteiger partial charge in [0.2, 0.25) is 0 Å². The average Bonchev–Trinajstić information content (AvgIpc) is 2.71. The summed E-state index contributed by atoms with van der Waals surface area (Å²) in [5.41, 5.74) is 3.40. The standard InChI is InChI=1S/C23H23ClN2O3S/c1-3-18-6-4-5-7-21(18)26-23(27)25-20-13-8-16(2)22(14-20)30(28,29)15-17-9-11-19(24)12-10-17/h4-14H,3,15H2,1-2H3,(H2,25,26,27). The summed E-state index contributed by atoms with van der Waals surface area (Å²) < 4.78 is 25.9. The summed E-state index contributed by atoms with van der Waals surface area (Å²) in [5, 5.41) is 6.09. The molecule has 5 nitrogen and oxygen atoms in total. The van der Waals surface area contributed by atoms with Gasteiger partial charge in [0.05, 0.1) is 10.6 Å². The van der Waals surface area contributed by atoms with Crippen molar-refractivity contribution in [2.45, 2.75) is 30.9 Å². The highest BCUT2D eigenvalue weighted by Gasteiger charge is 2.19. The van der Waals surface area contributed by atoms with Gasteiger partial charge in [-0.1, -0.05) is 54.9 Å². The molecule has 3 rings (SSSR count). The molecular weight excluding hydrogens is 420 g/mol. The Kier molecular flexibility index (Phi) is 6.80. The molecule has 3 aromatic rings. The maximum Gasteiger partial charge on any atom is 0.323 e. The van der Waals surface area contributed by atoms with Gasteiger partial charge >= 0.3 is 6.03 Å². The number of amides is 2. The number of carbonyl (C=O) groups excluding carboxylic acids is 1. The van der Waals surface area contributed by atoms with Crippen molar-refractivity contribution in [3.63, 3.8) is 0 Å². The van der Waals surface area contributed by atoms with Crippen LogP contribution in [0.1, 0.15) is 23.6 Å². The first kappa shape index (κ1) is 21.9. The van der Waals surface area contributed by atoms with Crippen LogP contribution < -0.4 is 10.6 Å². The number of carbonyl (C=O) groups is 1. The van der Waals surface area contributed by atoms with Crippen LogP contribution in [-0.2, 0) is 22.0 Å². The molecule has 0 saturated heterocycles. The Bertz CT molecular complexity index is 1160. The molecule has 2 amide bonds. The molecule has 0 radical (unpaired) electrons. The molecule has 156 valence electrons. The quantitative estimate of drug-likeness (QED) is 0.504. The number of para-hydroxylation sites is 1. The van der Waals surface area contributed by atoms with Crippen molar-refractivity contribution < 1.29 is 13.2 Å². The van der Waals surface area contributed by atoms with Crippen LogP contribution in [0.5, 0.6) is 0 Å². The third-order valence-electron chi connectivity index (χ3n) is 4.70. The van der Waals surface area contributed by atoms with Crippen molar-refractivity contribution in [1.82, 2.24) is 0 Å². The average molecular weight is 443 g/mol. The summed E-state index contributed by atoms with van der Waals surface area (Å²) in [5.74, 6) is -0.148. The second-order valence-electron chi connectivity index (χ2n) is 6.96. The fourth-order valence-corrected chi connectivity index (χ4v) is 4.90. The zero-order chi connectivity index (χ0) is 21.7. The molecule has 30 heavy (non-hydrogen) atoms. The van der Waals surface area contributed by atoms with Gasteiger partial charge in [0.15, 0.2) is 9.84 Å². The molecule has 0 atom stereocenters. The van der Waals surface area contributed by atoms with Crippen LogP contribution in [0.2, 0.25) is 5.02 Å². The van der Waals surface area contributed by atoms with Gasteiger partial charge in [-0.05, 0) is 60.4 Å². The summed E-state index contributed by atoms with van der Waals surface area (Å²) in [4.78, 5) is 12.6. The smallest absolute Gasteiger partial charge is 0.308 e. The van der Waals surface area contributed by atoms with E-state index in [4.69, 9.17) is 11.6 Å². The van der Waals surface area contributed by atoms with Gasteiger partial charge in [-0.2, -0.15) is 0 Å². The highest BCUT2D eigenvalue weighted by molar-refractivity contribution is 7.90. The van der Waals surface area contributed by atoms with Crippen molar-refractivity contribution in [3.8, 4) is 0 Å². The van der Waals surface area contributed by atoms with E-state index in [9.17, 15) is 13.2 Å². The fraction of sp³-hybridized carbons (Fsp3) is 0.174. The van der Waals surface area contributed by atoms with Gasteiger partial charge in [0.25, 0.3) is 0 Å². The topological polar surface area (TPSA) is 75.3 Å². The molecular formula is C23H23ClN2O3S. The van der Waals surface area contributed by atoms with Crippen molar-refractivity contribution in [1.29, 1.82) is 0 Å². The molecule has 0 unspecified atom stereocenters. The first-order valence-electron chi connectivity index (χ1n) is 9.52. The molecule has 0 spiro atoms. The van der Waals surface area contributed by atoms with Crippen molar-refractivity contribution in [3.05, 3.63) is 88.4 Å². The van der Waals surface area contributed by atoms with E-state index in [2.05, 4.69) is 10.6 Å². The zero-order valence-electron chi connectivity index (χ0n) is 16.8. The van der Waals surface area contributed by atoms with E-state index in [-0.39, 0.29) is 10.6 Å². The normalized spacial score (nSPS) is 11.2. The van der Waals surface area contributed by atoms with E-state index in [1.807, 2.05) is 31.2 Å². The van der Waals surface area contributed by atoms with Gasteiger partial charge in [0.1, 0.15) is 0 Å². The summed E-state index contributed by atoms with van der Waals surface area (Å²) in [6.07, 6.45) is 0.786. The lowest BCUT2D eigenvalue weighted by atomic mass is 10.1. The molecule has 0 heterocycles. The van der Waals surface area contributed by atoms with Crippen LogP contribution in [0.25, 0.3) is 0 Å². The zero-order valence-corrected chi connectivity index (χ0v) is 18.3. The number of urea groups is 1. The number of nitrogens with one attached hydrogen (secondary N) is 2. The number of benzene rings is 3. The molecule has 7 heteroatoms. The molecule has 0 aromatic heterocycles. The second-order valence-corrected chi connectivity index (χ2v) is 9.35. The van der Waals surface area contributed by atoms with Gasteiger partial charge in [-0.3, -0.25) is 0 Å². The van der Waals surface area contributed by atoms with E-state index in [0.29, 0.717) is 21.8 Å². The predicted molar refractivity (Wildman–Crippen MR) is 122 cm³/mol. The number of rotatable bonds is 6. The Balaban J connectivity index is 1.79. The molecule has 0 aliphatic rings. The van der Waals surface area contributed by atoms with E-state index in [1.54, 1.807) is 43.3 Å². The number of sulfone groups is 1. The largest absolute Gasteiger partial charge is 0.323 e. The van der Waals surface area contributed by atoms with E-state index in [0.717, 1.165) is 17.7 Å². The Hall–Kier alpha value is -2.83. The minimum absolute atomic E-state index is 0.148. The molecule has 2 N–H and O–H groups in total. The summed E-state index contributed by atoms with van der Waals surface area (Å²) in [7, 11) is -3.60. The van der Waals surface area contributed by atoms with Gasteiger partial charge in [0, 0.05) is 16.4 Å². The van der Waals surface area contributed by atoms with E-state index in [1.165, 1.54) is 6.07 Å². The van der Waals surface area contributed by atoms with Crippen LogP contribution >= 0.6 is 11.6 Å². The lowest BCUT2D eigenvalue weighted by molar-refractivity contribution is 0.262. The number of aryl methyl sites for hydroxylation is 2. The third kappa shape index (κ3) is 5.40. The van der Waals surface area contributed by atoms with Crippen molar-refractivity contribution >= 4 is 38.8 Å². The monoisotopic (exact) mass is 442 g/mol. The Morgan fingerprint density at radius 2 is 1.67 bits per heavy atom. The molecule has 0 fully saturated rings. The fourth-order valence-electron chi connectivity index (χ4n) is 3.13. The summed E-state index contributed by atoms with van der Waals surface area (Å²) in [6, 6.07) is 18.7. The maximum atomic E-state index is 13.0. The molecule has 0 aliphatic carbocycles. The summed E-state index contributed by atoms with van der Waals surface area (Å²) >= 11 is 5.88. The van der Waals surface area contributed by atoms with Crippen LogP contribution in [-0.4, -0.2) is 14.4 Å². The Labute approximate surface area is 182 Å². The predicted octanol–water partition coefficient (Wildman–Crippen LogP) is 5.83. The lowest BCUT2D eigenvalue weighted by Gasteiger charge is -2.13. The Morgan fingerprint density at radius 3 is 2.37 bits per heavy atom. The molecule has 0 bridgehead atoms. The highest BCUT2D eigenvalue weighted by Crippen LogP contribution is 2.25. The molecule has 0 saturated carbocycles. The maximum absolute atomic E-state index is 13.0. The van der Waals surface area contributed by atoms with Crippen LogP contribution in [0.4, 0.5) is 16.2 Å². The number of hydrogen-bond donors (Lipinski definition) is 2. The van der Waals surface area contributed by atoms with Crippen molar-refractivity contribution in [2.24, 2.45) is 0 Å². The van der Waals surface area contributed by atoms with E-state index < -0.39 is 15.9 Å². The first-order valence-corrected chi connectivity index (χ1v) is 11.6. The van der Waals surface area contributed by atoms with Crippen LogP contribution in [0, 0.1) is 6.92 Å². The Morgan fingerprint density at radius 1 is 0.967 bits per heavy atom. The van der Waals surface area contributed by atoms with Gasteiger partial charge in [-0.15, -0.1) is 0 Å². The third-order valence-corrected chi connectivity index (χ3v) is 6.77. The second kappa shape index (κ2) is 9.32.